The largest absolute Gasteiger partial charge is 0.493 e. The zero-order chi connectivity index (χ0) is 20.4. The zero-order valence-corrected chi connectivity index (χ0v) is 18.4. The Hall–Kier alpha value is -1.85. The minimum Gasteiger partial charge on any atom is -0.493 e. The van der Waals surface area contributed by atoms with Crippen molar-refractivity contribution in [3.8, 4) is 5.75 Å². The maximum absolute atomic E-state index is 6.18. The molecule has 5 heteroatoms. The van der Waals surface area contributed by atoms with Gasteiger partial charge in [-0.05, 0) is 77.2 Å². The van der Waals surface area contributed by atoms with E-state index in [-0.39, 0.29) is 5.60 Å². The van der Waals surface area contributed by atoms with Crippen molar-refractivity contribution < 1.29 is 9.47 Å². The normalized spacial score (nSPS) is 18.8. The first kappa shape index (κ1) is 20.4. The zero-order valence-electron chi connectivity index (χ0n) is 18.4. The fourth-order valence-corrected chi connectivity index (χ4v) is 4.55. The van der Waals surface area contributed by atoms with Crippen molar-refractivity contribution in [2.45, 2.75) is 65.6 Å². The van der Waals surface area contributed by atoms with Gasteiger partial charge in [0.05, 0.1) is 24.3 Å². The lowest BCUT2D eigenvalue weighted by atomic mass is 9.89. The van der Waals surface area contributed by atoms with Gasteiger partial charge in [-0.3, -0.25) is 0 Å². The molecule has 0 radical (unpaired) electrons. The Balaban J connectivity index is 1.58. The van der Waals surface area contributed by atoms with Crippen LogP contribution in [0.5, 0.6) is 5.75 Å². The Morgan fingerprint density at radius 2 is 2.00 bits per heavy atom. The van der Waals surface area contributed by atoms with Gasteiger partial charge in [-0.15, -0.1) is 0 Å². The van der Waals surface area contributed by atoms with Gasteiger partial charge in [0.25, 0.3) is 0 Å². The summed E-state index contributed by atoms with van der Waals surface area (Å²) in [5.74, 6) is 1.91. The second kappa shape index (κ2) is 8.49. The molecule has 0 atom stereocenters. The summed E-state index contributed by atoms with van der Waals surface area (Å²) >= 11 is 0. The van der Waals surface area contributed by atoms with Gasteiger partial charge in [-0.2, -0.15) is 0 Å². The molecule has 1 N–H and O–H groups in total. The van der Waals surface area contributed by atoms with Gasteiger partial charge in [0, 0.05) is 36.5 Å². The maximum Gasteiger partial charge on any atom is 0.132 e. The summed E-state index contributed by atoms with van der Waals surface area (Å²) in [5, 5.41) is 4.67. The number of aromatic nitrogens is 1. The summed E-state index contributed by atoms with van der Waals surface area (Å²) in [5.41, 5.74) is 4.62. The highest BCUT2D eigenvalue weighted by molar-refractivity contribution is 5.88. The van der Waals surface area contributed by atoms with Crippen molar-refractivity contribution in [1.29, 1.82) is 0 Å². The van der Waals surface area contributed by atoms with Gasteiger partial charge < -0.3 is 19.7 Å². The molecule has 3 heterocycles. The highest BCUT2D eigenvalue weighted by atomic mass is 16.5. The minimum absolute atomic E-state index is 0.149. The van der Waals surface area contributed by atoms with Crippen molar-refractivity contribution in [2.75, 3.05) is 38.1 Å². The van der Waals surface area contributed by atoms with Gasteiger partial charge in [0.15, 0.2) is 0 Å². The Morgan fingerprint density at radius 1 is 1.21 bits per heavy atom. The molecular weight excluding hydrogens is 362 g/mol. The van der Waals surface area contributed by atoms with Crippen molar-refractivity contribution in [3.05, 3.63) is 28.8 Å². The third kappa shape index (κ3) is 4.51. The molecule has 2 aliphatic heterocycles. The van der Waals surface area contributed by atoms with Crippen LogP contribution in [0.25, 0.3) is 10.9 Å². The molecule has 1 aromatic carbocycles. The van der Waals surface area contributed by atoms with Crippen LogP contribution in [0.4, 0.5) is 5.82 Å². The number of anilines is 1. The predicted octanol–water partition coefficient (Wildman–Crippen LogP) is 4.69. The molecule has 1 aromatic heterocycles. The molecule has 0 saturated carbocycles. The number of benzene rings is 1. The molecule has 1 fully saturated rings. The first-order chi connectivity index (χ1) is 14.0. The quantitative estimate of drug-likeness (QED) is 0.687. The minimum atomic E-state index is -0.149. The van der Waals surface area contributed by atoms with E-state index in [2.05, 4.69) is 50.0 Å². The number of rotatable bonds is 7. The average molecular weight is 398 g/mol. The lowest BCUT2D eigenvalue weighted by molar-refractivity contribution is -0.0394. The number of pyridine rings is 1. The molecule has 0 amide bonds. The fourth-order valence-electron chi connectivity index (χ4n) is 4.55. The molecular formula is C24H35N3O2. The van der Waals surface area contributed by atoms with Crippen LogP contribution in [-0.4, -0.2) is 48.3 Å². The standard InChI is InChI=1S/C24H35N3O2/c1-5-25-23-20-16-29-24(3,4)15-19(20)18-13-17(2)22(14-21(18)26-23)28-12-8-11-27-9-6-7-10-27/h13-14H,5-12,15-16H2,1-4H3,(H,25,26). The van der Waals surface area contributed by atoms with Crippen LogP contribution in [-0.2, 0) is 17.8 Å². The number of fused-ring (bicyclic) bond motifs is 3. The summed E-state index contributed by atoms with van der Waals surface area (Å²) in [4.78, 5) is 7.48. The Labute approximate surface area is 174 Å². The summed E-state index contributed by atoms with van der Waals surface area (Å²) in [6, 6.07) is 4.39. The molecule has 2 aliphatic rings. The van der Waals surface area contributed by atoms with Crippen LogP contribution in [0.1, 0.15) is 56.7 Å². The van der Waals surface area contributed by atoms with E-state index in [1.165, 1.54) is 48.0 Å². The Kier molecular flexibility index (Phi) is 5.98. The fraction of sp³-hybridized carbons (Fsp3) is 0.625. The van der Waals surface area contributed by atoms with E-state index < -0.39 is 0 Å². The lowest BCUT2D eigenvalue weighted by Crippen LogP contribution is -2.32. The second-order valence-corrected chi connectivity index (χ2v) is 9.06. The third-order valence-electron chi connectivity index (χ3n) is 6.13. The summed E-state index contributed by atoms with van der Waals surface area (Å²) in [6.07, 6.45) is 4.66. The van der Waals surface area contributed by atoms with Crippen LogP contribution in [0, 0.1) is 6.92 Å². The van der Waals surface area contributed by atoms with Crippen LogP contribution in [0.3, 0.4) is 0 Å². The van der Waals surface area contributed by atoms with Gasteiger partial charge >= 0.3 is 0 Å². The number of nitrogens with one attached hydrogen (secondary N) is 1. The maximum atomic E-state index is 6.18. The van der Waals surface area contributed by atoms with Crippen molar-refractivity contribution >= 4 is 16.7 Å². The predicted molar refractivity (Wildman–Crippen MR) is 119 cm³/mol. The van der Waals surface area contributed by atoms with E-state index in [4.69, 9.17) is 14.5 Å². The molecule has 158 valence electrons. The summed E-state index contributed by atoms with van der Waals surface area (Å²) in [6.45, 7) is 14.4. The molecule has 29 heavy (non-hydrogen) atoms. The van der Waals surface area contributed by atoms with Crippen molar-refractivity contribution in [1.82, 2.24) is 9.88 Å². The van der Waals surface area contributed by atoms with E-state index in [1.54, 1.807) is 0 Å². The van der Waals surface area contributed by atoms with E-state index in [1.807, 2.05) is 0 Å². The monoisotopic (exact) mass is 397 g/mol. The number of nitrogens with zero attached hydrogens (tertiary/aromatic N) is 2. The first-order valence-electron chi connectivity index (χ1n) is 11.2. The Bertz CT molecular complexity index is 872. The van der Waals surface area contributed by atoms with Crippen LogP contribution in [0.15, 0.2) is 12.1 Å². The van der Waals surface area contributed by atoms with E-state index in [0.717, 1.165) is 49.6 Å². The number of likely N-dealkylation sites (tertiary alicyclic amines) is 1. The first-order valence-corrected chi connectivity index (χ1v) is 11.2. The molecule has 0 spiro atoms. The average Bonchev–Trinajstić information content (AvgIpc) is 3.19. The SMILES string of the molecule is CCNc1nc2cc(OCCCN3CCCC3)c(C)cc2c2c1COC(C)(C)C2. The van der Waals surface area contributed by atoms with E-state index in [0.29, 0.717) is 6.61 Å². The van der Waals surface area contributed by atoms with Crippen LogP contribution in [0.2, 0.25) is 0 Å². The molecule has 4 rings (SSSR count). The van der Waals surface area contributed by atoms with Gasteiger partial charge in [0.2, 0.25) is 0 Å². The van der Waals surface area contributed by atoms with Crippen LogP contribution < -0.4 is 10.1 Å². The van der Waals surface area contributed by atoms with Crippen LogP contribution >= 0.6 is 0 Å². The number of hydrogen-bond acceptors (Lipinski definition) is 5. The topological polar surface area (TPSA) is 46.6 Å². The smallest absolute Gasteiger partial charge is 0.132 e. The van der Waals surface area contributed by atoms with E-state index in [9.17, 15) is 0 Å². The molecule has 5 nitrogen and oxygen atoms in total. The molecule has 2 aromatic rings. The second-order valence-electron chi connectivity index (χ2n) is 9.06. The third-order valence-corrected chi connectivity index (χ3v) is 6.13. The van der Waals surface area contributed by atoms with Crippen molar-refractivity contribution in [3.63, 3.8) is 0 Å². The van der Waals surface area contributed by atoms with Crippen molar-refractivity contribution in [2.24, 2.45) is 0 Å². The molecule has 0 unspecified atom stereocenters. The highest BCUT2D eigenvalue weighted by Gasteiger charge is 2.30. The number of ether oxygens (including phenoxy) is 2. The lowest BCUT2D eigenvalue weighted by Gasteiger charge is -2.33. The number of aryl methyl sites for hydroxylation is 1. The highest BCUT2D eigenvalue weighted by Crippen LogP contribution is 2.38. The number of hydrogen-bond donors (Lipinski definition) is 1. The molecule has 0 bridgehead atoms. The Morgan fingerprint density at radius 3 is 2.76 bits per heavy atom. The van der Waals surface area contributed by atoms with E-state index >= 15 is 0 Å². The molecule has 1 saturated heterocycles. The van der Waals surface area contributed by atoms with Gasteiger partial charge in [-0.1, -0.05) is 0 Å². The summed E-state index contributed by atoms with van der Waals surface area (Å²) < 4.78 is 12.3. The molecule has 0 aliphatic carbocycles. The van der Waals surface area contributed by atoms with Gasteiger partial charge in [0.1, 0.15) is 11.6 Å². The summed E-state index contributed by atoms with van der Waals surface area (Å²) in [7, 11) is 0. The van der Waals surface area contributed by atoms with Gasteiger partial charge in [-0.25, -0.2) is 4.98 Å².